The molecule has 2 rings (SSSR count). The Kier molecular flexibility index (Phi) is 5.35. The summed E-state index contributed by atoms with van der Waals surface area (Å²) in [6, 6.07) is 10.8. The molecule has 0 spiro atoms. The highest BCUT2D eigenvalue weighted by atomic mass is 16.4. The van der Waals surface area contributed by atoms with Crippen molar-refractivity contribution < 1.29 is 14.7 Å². The number of ketones is 1. The van der Waals surface area contributed by atoms with Crippen molar-refractivity contribution in [1.29, 1.82) is 0 Å². The van der Waals surface area contributed by atoms with Gasteiger partial charge in [-0.15, -0.1) is 0 Å². The van der Waals surface area contributed by atoms with Gasteiger partial charge in [0.25, 0.3) is 0 Å². The quantitative estimate of drug-likeness (QED) is 0.643. The van der Waals surface area contributed by atoms with Gasteiger partial charge in [0.2, 0.25) is 0 Å². The Hall–Kier alpha value is -2.68. The average Bonchev–Trinajstić information content (AvgIpc) is 2.56. The van der Waals surface area contributed by atoms with Gasteiger partial charge in [0.15, 0.2) is 5.78 Å². The van der Waals surface area contributed by atoms with Crippen LogP contribution in [-0.2, 0) is 4.79 Å². The fourth-order valence-corrected chi connectivity index (χ4v) is 2.72. The summed E-state index contributed by atoms with van der Waals surface area (Å²) < 4.78 is 0. The second-order valence-corrected chi connectivity index (χ2v) is 6.09. The summed E-state index contributed by atoms with van der Waals surface area (Å²) in [6.45, 7) is 8.14. The van der Waals surface area contributed by atoms with E-state index in [1.54, 1.807) is 30.3 Å². The average molecular weight is 322 g/mol. The van der Waals surface area contributed by atoms with Crippen molar-refractivity contribution in [2.75, 3.05) is 0 Å². The van der Waals surface area contributed by atoms with E-state index in [4.69, 9.17) is 0 Å². The van der Waals surface area contributed by atoms with E-state index in [0.29, 0.717) is 11.1 Å². The van der Waals surface area contributed by atoms with Gasteiger partial charge in [-0.2, -0.15) is 0 Å². The van der Waals surface area contributed by atoms with Crippen LogP contribution in [0.1, 0.15) is 44.6 Å². The normalized spacial score (nSPS) is 11.4. The number of hydrogen-bond donors (Lipinski definition) is 1. The Morgan fingerprint density at radius 3 is 2.17 bits per heavy atom. The molecule has 0 fully saturated rings. The minimum atomic E-state index is -1.01. The van der Waals surface area contributed by atoms with Crippen LogP contribution >= 0.6 is 0 Å². The molecule has 0 aliphatic rings. The van der Waals surface area contributed by atoms with Crippen LogP contribution in [0.4, 0.5) is 0 Å². The van der Waals surface area contributed by atoms with Gasteiger partial charge in [0, 0.05) is 11.1 Å². The van der Waals surface area contributed by atoms with Gasteiger partial charge in [-0.1, -0.05) is 36.4 Å². The first-order valence-corrected chi connectivity index (χ1v) is 7.90. The number of aryl methyl sites for hydroxylation is 1. The smallest absolute Gasteiger partial charge is 0.307 e. The van der Waals surface area contributed by atoms with E-state index in [1.165, 1.54) is 11.1 Å². The monoisotopic (exact) mass is 322 g/mol. The molecule has 0 unspecified atom stereocenters. The highest BCUT2D eigenvalue weighted by Crippen LogP contribution is 2.25. The Balaban J connectivity index is 2.55. The summed E-state index contributed by atoms with van der Waals surface area (Å²) in [7, 11) is 0. The lowest BCUT2D eigenvalue weighted by Crippen LogP contribution is -2.09. The number of benzene rings is 2. The van der Waals surface area contributed by atoms with Crippen molar-refractivity contribution in [3.63, 3.8) is 0 Å². The van der Waals surface area contributed by atoms with Gasteiger partial charge in [-0.3, -0.25) is 9.59 Å². The molecular weight excluding hydrogens is 300 g/mol. The third kappa shape index (κ3) is 3.80. The summed E-state index contributed by atoms with van der Waals surface area (Å²) in [6.07, 6.45) is 1.43. The second-order valence-electron chi connectivity index (χ2n) is 6.09. The van der Waals surface area contributed by atoms with Crippen LogP contribution in [0.3, 0.4) is 0 Å². The molecule has 0 aliphatic heterocycles. The number of carboxylic acid groups (broad SMARTS) is 1. The number of hydrogen-bond acceptors (Lipinski definition) is 2. The molecule has 0 bridgehead atoms. The van der Waals surface area contributed by atoms with Crippen LogP contribution < -0.4 is 0 Å². The maximum atomic E-state index is 12.7. The van der Waals surface area contributed by atoms with Crippen molar-refractivity contribution in [2.24, 2.45) is 0 Å². The molecule has 1 N–H and O–H groups in total. The lowest BCUT2D eigenvalue weighted by atomic mass is 9.91. The summed E-state index contributed by atoms with van der Waals surface area (Å²) in [4.78, 5) is 23.9. The summed E-state index contributed by atoms with van der Waals surface area (Å²) in [5.74, 6) is -1.25. The second kappa shape index (κ2) is 7.26. The molecule has 124 valence electrons. The van der Waals surface area contributed by atoms with E-state index >= 15 is 0 Å². The molecule has 24 heavy (non-hydrogen) atoms. The molecule has 0 radical (unpaired) electrons. The number of carbonyl (C=O) groups is 2. The predicted molar refractivity (Wildman–Crippen MR) is 96.4 cm³/mol. The van der Waals surface area contributed by atoms with Gasteiger partial charge < -0.3 is 5.11 Å². The Bertz CT molecular complexity index is 815. The Morgan fingerprint density at radius 2 is 1.58 bits per heavy atom. The van der Waals surface area contributed by atoms with E-state index in [9.17, 15) is 14.7 Å². The largest absolute Gasteiger partial charge is 0.481 e. The molecule has 0 atom stereocenters. The molecule has 2 aromatic rings. The third-order valence-electron chi connectivity index (χ3n) is 4.52. The van der Waals surface area contributed by atoms with Crippen LogP contribution in [0.15, 0.2) is 42.0 Å². The van der Waals surface area contributed by atoms with Gasteiger partial charge in [0.1, 0.15) is 0 Å². The lowest BCUT2D eigenvalue weighted by Gasteiger charge is -2.13. The first-order chi connectivity index (χ1) is 11.3. The van der Waals surface area contributed by atoms with Gasteiger partial charge in [-0.05, 0) is 61.6 Å². The van der Waals surface area contributed by atoms with Gasteiger partial charge in [0.05, 0.1) is 6.42 Å². The number of Topliss-reactive ketones (excluding diaryl/α,β-unsaturated/α-hetero) is 1. The Labute approximate surface area is 142 Å². The summed E-state index contributed by atoms with van der Waals surface area (Å²) in [5, 5.41) is 9.19. The van der Waals surface area contributed by atoms with E-state index < -0.39 is 5.97 Å². The van der Waals surface area contributed by atoms with E-state index in [1.807, 2.05) is 32.9 Å². The Morgan fingerprint density at radius 1 is 0.958 bits per heavy atom. The van der Waals surface area contributed by atoms with Crippen LogP contribution in [-0.4, -0.2) is 16.9 Å². The zero-order chi connectivity index (χ0) is 17.9. The topological polar surface area (TPSA) is 54.4 Å². The van der Waals surface area contributed by atoms with E-state index in [2.05, 4.69) is 6.92 Å². The van der Waals surface area contributed by atoms with Gasteiger partial charge in [-0.25, -0.2) is 0 Å². The molecule has 0 saturated carbocycles. The van der Waals surface area contributed by atoms with Crippen LogP contribution in [0, 0.1) is 27.7 Å². The molecule has 0 heterocycles. The standard InChI is InChI=1S/C21H22O3/c1-13-10-18(16(4)15(3)14(13)2)11-19(12-20(22)23)21(24)17-8-6-5-7-9-17/h5-11H,12H2,1-4H3,(H,22,23)/b19-11+. The molecule has 3 nitrogen and oxygen atoms in total. The molecule has 2 aromatic carbocycles. The minimum Gasteiger partial charge on any atom is -0.481 e. The molecular formula is C21H22O3. The SMILES string of the molecule is Cc1cc(/C=C(\CC(=O)O)C(=O)c2ccccc2)c(C)c(C)c1C. The van der Waals surface area contributed by atoms with Crippen molar-refractivity contribution in [3.05, 3.63) is 75.4 Å². The molecule has 0 saturated heterocycles. The minimum absolute atomic E-state index is 0.242. The predicted octanol–water partition coefficient (Wildman–Crippen LogP) is 4.66. The number of rotatable bonds is 5. The first kappa shape index (κ1) is 17.7. The van der Waals surface area contributed by atoms with E-state index in [-0.39, 0.29) is 12.2 Å². The maximum Gasteiger partial charge on any atom is 0.307 e. The third-order valence-corrected chi connectivity index (χ3v) is 4.52. The molecule has 0 amide bonds. The summed E-state index contributed by atoms with van der Waals surface area (Å²) in [5.41, 5.74) is 6.29. The molecule has 0 aliphatic carbocycles. The van der Waals surface area contributed by atoms with Crippen LogP contribution in [0.25, 0.3) is 6.08 Å². The van der Waals surface area contributed by atoms with Crippen molar-refractivity contribution in [3.8, 4) is 0 Å². The molecule has 3 heteroatoms. The number of aliphatic carboxylic acids is 1. The van der Waals surface area contributed by atoms with Crippen molar-refractivity contribution in [2.45, 2.75) is 34.1 Å². The summed E-state index contributed by atoms with van der Waals surface area (Å²) >= 11 is 0. The highest BCUT2D eigenvalue weighted by Gasteiger charge is 2.16. The highest BCUT2D eigenvalue weighted by molar-refractivity contribution is 6.13. The molecule has 0 aromatic heterocycles. The number of carbonyl (C=O) groups excluding carboxylic acids is 1. The van der Waals surface area contributed by atoms with Crippen molar-refractivity contribution in [1.82, 2.24) is 0 Å². The first-order valence-electron chi connectivity index (χ1n) is 7.90. The number of carboxylic acids is 1. The lowest BCUT2D eigenvalue weighted by molar-refractivity contribution is -0.136. The van der Waals surface area contributed by atoms with Crippen molar-refractivity contribution >= 4 is 17.8 Å². The van der Waals surface area contributed by atoms with E-state index in [0.717, 1.165) is 16.7 Å². The maximum absolute atomic E-state index is 12.7. The fraction of sp³-hybridized carbons (Fsp3) is 0.238. The zero-order valence-corrected chi connectivity index (χ0v) is 14.5. The zero-order valence-electron chi connectivity index (χ0n) is 14.5. The van der Waals surface area contributed by atoms with Crippen LogP contribution in [0.5, 0.6) is 0 Å². The fourth-order valence-electron chi connectivity index (χ4n) is 2.72. The van der Waals surface area contributed by atoms with Crippen LogP contribution in [0.2, 0.25) is 0 Å². The van der Waals surface area contributed by atoms with Gasteiger partial charge >= 0.3 is 5.97 Å².